The normalized spacial score (nSPS) is 12.0. The number of carbonyl (C=O) groups excluding carboxylic acids is 1. The van der Waals surface area contributed by atoms with Gasteiger partial charge in [0.15, 0.2) is 5.96 Å². The van der Waals surface area contributed by atoms with Crippen molar-refractivity contribution in [2.75, 3.05) is 40.3 Å². The van der Waals surface area contributed by atoms with Gasteiger partial charge in [-0.25, -0.2) is 4.99 Å². The van der Waals surface area contributed by atoms with E-state index >= 15 is 0 Å². The lowest BCUT2D eigenvalue weighted by Gasteiger charge is -2.21. The minimum Gasteiger partial charge on any atom is -0.492 e. The second-order valence-corrected chi connectivity index (χ2v) is 7.65. The van der Waals surface area contributed by atoms with E-state index in [2.05, 4.69) is 25.8 Å². The van der Waals surface area contributed by atoms with Crippen LogP contribution in [0.5, 0.6) is 5.75 Å². The van der Waals surface area contributed by atoms with Gasteiger partial charge < -0.3 is 25.6 Å². The highest BCUT2D eigenvalue weighted by molar-refractivity contribution is 5.86. The van der Waals surface area contributed by atoms with Crippen LogP contribution in [0.15, 0.2) is 29.3 Å². The van der Waals surface area contributed by atoms with E-state index in [-0.39, 0.29) is 18.0 Å². The Kier molecular flexibility index (Phi) is 9.64. The number of ether oxygens (including phenoxy) is 1. The van der Waals surface area contributed by atoms with Crippen LogP contribution in [-0.2, 0) is 11.3 Å². The number of hydrogen-bond acceptors (Lipinski definition) is 4. The molecule has 152 valence electrons. The maximum absolute atomic E-state index is 12.0. The molecule has 0 radical (unpaired) electrons. The molecule has 1 rings (SSSR count). The molecule has 0 saturated carbocycles. The number of benzene rings is 1. The molecule has 0 unspecified atom stereocenters. The van der Waals surface area contributed by atoms with Gasteiger partial charge in [-0.3, -0.25) is 4.79 Å². The zero-order valence-corrected chi connectivity index (χ0v) is 17.6. The fraction of sp³-hybridized carbons (Fsp3) is 0.600. The van der Waals surface area contributed by atoms with Gasteiger partial charge in [-0.1, -0.05) is 12.1 Å². The summed E-state index contributed by atoms with van der Waals surface area (Å²) in [5.41, 5.74) is 0.801. The van der Waals surface area contributed by atoms with E-state index < -0.39 is 0 Å². The molecule has 1 amide bonds. The van der Waals surface area contributed by atoms with Gasteiger partial charge in [0.05, 0.1) is 13.1 Å². The number of likely N-dealkylation sites (N-methyl/N-ethyl adjacent to an activating group) is 1. The first-order valence-corrected chi connectivity index (χ1v) is 9.39. The molecule has 0 aliphatic carbocycles. The second kappa shape index (κ2) is 11.4. The Morgan fingerprint density at radius 3 is 2.59 bits per heavy atom. The van der Waals surface area contributed by atoms with Crippen molar-refractivity contribution in [2.24, 2.45) is 4.99 Å². The van der Waals surface area contributed by atoms with Crippen LogP contribution in [0.2, 0.25) is 0 Å². The lowest BCUT2D eigenvalue weighted by Crippen LogP contribution is -2.48. The standard InChI is InChI=1S/C20H35N5O2/c1-7-21-19(23-15-18(26)24-20(2,3)4)22-14-16-9-8-10-17(13-16)27-12-11-25(5)6/h8-10,13H,7,11-12,14-15H2,1-6H3,(H,24,26)(H2,21,22,23). The molecular weight excluding hydrogens is 342 g/mol. The highest BCUT2D eigenvalue weighted by Crippen LogP contribution is 2.14. The van der Waals surface area contributed by atoms with Gasteiger partial charge in [-0.15, -0.1) is 0 Å². The van der Waals surface area contributed by atoms with Gasteiger partial charge in [-0.05, 0) is 59.5 Å². The molecule has 0 atom stereocenters. The molecule has 0 aliphatic heterocycles. The minimum absolute atomic E-state index is 0.0654. The van der Waals surface area contributed by atoms with Crippen molar-refractivity contribution in [1.29, 1.82) is 0 Å². The molecule has 0 heterocycles. The quantitative estimate of drug-likeness (QED) is 0.450. The van der Waals surface area contributed by atoms with E-state index in [4.69, 9.17) is 4.74 Å². The third kappa shape index (κ3) is 11.1. The number of hydrogen-bond donors (Lipinski definition) is 3. The first-order valence-electron chi connectivity index (χ1n) is 9.39. The van der Waals surface area contributed by atoms with Crippen LogP contribution in [0.4, 0.5) is 0 Å². The third-order valence-electron chi connectivity index (χ3n) is 3.40. The zero-order chi connectivity index (χ0) is 20.3. The summed E-state index contributed by atoms with van der Waals surface area (Å²) in [4.78, 5) is 18.6. The number of carbonyl (C=O) groups is 1. The van der Waals surface area contributed by atoms with Crippen LogP contribution < -0.4 is 20.7 Å². The van der Waals surface area contributed by atoms with E-state index in [1.165, 1.54) is 0 Å². The molecule has 0 fully saturated rings. The summed E-state index contributed by atoms with van der Waals surface area (Å²) in [6.45, 7) is 10.8. The van der Waals surface area contributed by atoms with Crippen LogP contribution in [0, 0.1) is 0 Å². The smallest absolute Gasteiger partial charge is 0.239 e. The summed E-state index contributed by atoms with van der Waals surface area (Å²) in [6, 6.07) is 7.92. The van der Waals surface area contributed by atoms with Crippen molar-refractivity contribution < 1.29 is 9.53 Å². The molecule has 1 aromatic carbocycles. The van der Waals surface area contributed by atoms with Crippen LogP contribution in [0.25, 0.3) is 0 Å². The van der Waals surface area contributed by atoms with Crippen molar-refractivity contribution in [3.05, 3.63) is 29.8 Å². The molecule has 0 bridgehead atoms. The summed E-state index contributed by atoms with van der Waals surface area (Å²) < 4.78 is 5.76. The first kappa shape index (κ1) is 22.8. The van der Waals surface area contributed by atoms with Gasteiger partial charge in [0.25, 0.3) is 0 Å². The van der Waals surface area contributed by atoms with Crippen molar-refractivity contribution in [1.82, 2.24) is 20.9 Å². The highest BCUT2D eigenvalue weighted by Gasteiger charge is 2.13. The number of amides is 1. The van der Waals surface area contributed by atoms with E-state index in [0.29, 0.717) is 19.1 Å². The molecule has 0 spiro atoms. The van der Waals surface area contributed by atoms with Crippen LogP contribution in [0.3, 0.4) is 0 Å². The molecule has 0 aromatic heterocycles. The van der Waals surface area contributed by atoms with Crippen molar-refractivity contribution >= 4 is 11.9 Å². The van der Waals surface area contributed by atoms with Crippen molar-refractivity contribution in [3.63, 3.8) is 0 Å². The molecule has 3 N–H and O–H groups in total. The average Bonchev–Trinajstić information content (AvgIpc) is 2.56. The lowest BCUT2D eigenvalue weighted by atomic mass is 10.1. The third-order valence-corrected chi connectivity index (χ3v) is 3.40. The van der Waals surface area contributed by atoms with E-state index in [1.54, 1.807) is 0 Å². The van der Waals surface area contributed by atoms with Crippen LogP contribution >= 0.6 is 0 Å². The second-order valence-electron chi connectivity index (χ2n) is 7.65. The van der Waals surface area contributed by atoms with Gasteiger partial charge >= 0.3 is 0 Å². The Morgan fingerprint density at radius 2 is 1.96 bits per heavy atom. The number of nitrogens with one attached hydrogen (secondary N) is 3. The molecule has 0 aliphatic rings. The summed E-state index contributed by atoms with van der Waals surface area (Å²) in [7, 11) is 4.04. The van der Waals surface area contributed by atoms with E-state index in [9.17, 15) is 4.79 Å². The van der Waals surface area contributed by atoms with Gasteiger partial charge in [0.1, 0.15) is 12.4 Å². The number of rotatable bonds is 9. The summed E-state index contributed by atoms with van der Waals surface area (Å²) in [5.74, 6) is 1.39. The summed E-state index contributed by atoms with van der Waals surface area (Å²) in [6.07, 6.45) is 0. The van der Waals surface area contributed by atoms with E-state index in [1.807, 2.05) is 66.1 Å². The molecular formula is C20H35N5O2. The fourth-order valence-electron chi connectivity index (χ4n) is 2.22. The Morgan fingerprint density at radius 1 is 1.22 bits per heavy atom. The summed E-state index contributed by atoms with van der Waals surface area (Å²) in [5, 5.41) is 9.14. The maximum Gasteiger partial charge on any atom is 0.239 e. The van der Waals surface area contributed by atoms with Crippen molar-refractivity contribution in [3.8, 4) is 5.75 Å². The zero-order valence-electron chi connectivity index (χ0n) is 17.6. The van der Waals surface area contributed by atoms with Crippen molar-refractivity contribution in [2.45, 2.75) is 39.8 Å². The first-order chi connectivity index (χ1) is 12.7. The fourth-order valence-corrected chi connectivity index (χ4v) is 2.22. The van der Waals surface area contributed by atoms with E-state index in [0.717, 1.165) is 24.4 Å². The lowest BCUT2D eigenvalue weighted by molar-refractivity contribution is -0.121. The molecule has 27 heavy (non-hydrogen) atoms. The van der Waals surface area contributed by atoms with Gasteiger partial charge in [0.2, 0.25) is 5.91 Å². The van der Waals surface area contributed by atoms with Gasteiger partial charge in [0, 0.05) is 18.6 Å². The Bertz CT molecular complexity index is 609. The molecule has 7 nitrogen and oxygen atoms in total. The Hall–Kier alpha value is -2.28. The number of aliphatic imine (C=N–C) groups is 1. The predicted octanol–water partition coefficient (Wildman–Crippen LogP) is 1.60. The van der Waals surface area contributed by atoms with Crippen LogP contribution in [0.1, 0.15) is 33.3 Å². The Labute approximate surface area is 163 Å². The van der Waals surface area contributed by atoms with Crippen LogP contribution in [-0.4, -0.2) is 62.6 Å². The SMILES string of the molecule is CCNC(=NCc1cccc(OCCN(C)C)c1)NCC(=O)NC(C)(C)C. The minimum atomic E-state index is -0.249. The monoisotopic (exact) mass is 377 g/mol. The highest BCUT2D eigenvalue weighted by atomic mass is 16.5. The maximum atomic E-state index is 12.0. The number of nitrogens with zero attached hydrogens (tertiary/aromatic N) is 2. The number of guanidine groups is 1. The molecule has 7 heteroatoms. The summed E-state index contributed by atoms with van der Waals surface area (Å²) >= 11 is 0. The topological polar surface area (TPSA) is 78.0 Å². The molecule has 0 saturated heterocycles. The predicted molar refractivity (Wildman–Crippen MR) is 111 cm³/mol. The Balaban J connectivity index is 2.60. The van der Waals surface area contributed by atoms with Gasteiger partial charge in [-0.2, -0.15) is 0 Å². The largest absolute Gasteiger partial charge is 0.492 e. The average molecular weight is 378 g/mol. The molecule has 1 aromatic rings.